The van der Waals surface area contributed by atoms with Crippen LogP contribution < -0.4 is 15.1 Å². The molecule has 31 heavy (non-hydrogen) atoms. The van der Waals surface area contributed by atoms with Gasteiger partial charge in [-0.05, 0) is 43.2 Å². The summed E-state index contributed by atoms with van der Waals surface area (Å²) >= 11 is 0. The van der Waals surface area contributed by atoms with E-state index in [4.69, 9.17) is 6.42 Å². The Balaban J connectivity index is 1.48. The van der Waals surface area contributed by atoms with Crippen LogP contribution in [0.3, 0.4) is 0 Å². The number of carbonyl (C=O) groups excluding carboxylic acids is 2. The highest BCUT2D eigenvalue weighted by atomic mass is 16.2. The highest BCUT2D eigenvalue weighted by Crippen LogP contribution is 2.26. The zero-order valence-corrected chi connectivity index (χ0v) is 17.2. The second-order valence-electron chi connectivity index (χ2n) is 7.38. The third-order valence-electron chi connectivity index (χ3n) is 5.49. The highest BCUT2D eigenvalue weighted by Gasteiger charge is 2.31. The maximum absolute atomic E-state index is 13.4. The quantitative estimate of drug-likeness (QED) is 0.625. The van der Waals surface area contributed by atoms with E-state index in [-0.39, 0.29) is 24.3 Å². The van der Waals surface area contributed by atoms with E-state index in [2.05, 4.69) is 31.4 Å². The number of nitrogens with one attached hydrogen (secondary N) is 1. The first kappa shape index (κ1) is 20.3. The molecule has 1 saturated heterocycles. The van der Waals surface area contributed by atoms with Gasteiger partial charge >= 0.3 is 0 Å². The summed E-state index contributed by atoms with van der Waals surface area (Å²) in [5.74, 6) is 2.91. The SMILES string of the molecule is C#Cc1cccc(N(CC(=O)NC)C(=O)C2CCN(c3ccc4nncn4n3)CC2)c1. The van der Waals surface area contributed by atoms with E-state index >= 15 is 0 Å². The van der Waals surface area contributed by atoms with Gasteiger partial charge in [0, 0.05) is 37.3 Å². The van der Waals surface area contributed by atoms with E-state index in [0.717, 1.165) is 5.82 Å². The molecule has 158 valence electrons. The fourth-order valence-corrected chi connectivity index (χ4v) is 3.75. The first-order chi connectivity index (χ1) is 15.1. The van der Waals surface area contributed by atoms with Gasteiger partial charge < -0.3 is 15.1 Å². The summed E-state index contributed by atoms with van der Waals surface area (Å²) in [6.07, 6.45) is 8.41. The third-order valence-corrected chi connectivity index (χ3v) is 5.49. The van der Waals surface area contributed by atoms with Crippen molar-refractivity contribution in [1.82, 2.24) is 25.1 Å². The monoisotopic (exact) mass is 417 g/mol. The van der Waals surface area contributed by atoms with Crippen LogP contribution in [-0.4, -0.2) is 58.3 Å². The Bertz CT molecular complexity index is 1140. The van der Waals surface area contributed by atoms with Crippen molar-refractivity contribution in [1.29, 1.82) is 0 Å². The van der Waals surface area contributed by atoms with Gasteiger partial charge in [0.1, 0.15) is 18.7 Å². The molecule has 1 aliphatic rings. The number of rotatable bonds is 5. The fraction of sp³-hybridized carbons (Fsp3) is 0.318. The number of fused-ring (bicyclic) bond motifs is 1. The van der Waals surface area contributed by atoms with Crippen LogP contribution in [0.25, 0.3) is 5.65 Å². The van der Waals surface area contributed by atoms with Gasteiger partial charge in [0.05, 0.1) is 0 Å². The van der Waals surface area contributed by atoms with Gasteiger partial charge in [-0.25, -0.2) is 0 Å². The number of piperidine rings is 1. The number of aromatic nitrogens is 4. The van der Waals surface area contributed by atoms with Gasteiger partial charge in [-0.2, -0.15) is 4.52 Å². The lowest BCUT2D eigenvalue weighted by atomic mass is 9.94. The van der Waals surface area contributed by atoms with Gasteiger partial charge in [0.25, 0.3) is 0 Å². The van der Waals surface area contributed by atoms with Crippen LogP contribution in [-0.2, 0) is 9.59 Å². The topological polar surface area (TPSA) is 95.7 Å². The summed E-state index contributed by atoms with van der Waals surface area (Å²) in [5, 5.41) is 14.9. The Morgan fingerprint density at radius 1 is 1.26 bits per heavy atom. The number of hydrogen-bond donors (Lipinski definition) is 1. The van der Waals surface area contributed by atoms with Crippen molar-refractivity contribution in [2.75, 3.05) is 36.5 Å². The van der Waals surface area contributed by atoms with Crippen LogP contribution in [0, 0.1) is 18.3 Å². The van der Waals surface area contributed by atoms with Gasteiger partial charge in [0.2, 0.25) is 11.8 Å². The van der Waals surface area contributed by atoms with E-state index in [1.165, 1.54) is 4.90 Å². The number of nitrogens with zero attached hydrogens (tertiary/aromatic N) is 6. The molecule has 9 nitrogen and oxygen atoms in total. The lowest BCUT2D eigenvalue weighted by Crippen LogP contribution is -2.46. The molecule has 0 radical (unpaired) electrons. The average molecular weight is 417 g/mol. The minimum Gasteiger partial charge on any atom is -0.358 e. The Morgan fingerprint density at radius 3 is 2.81 bits per heavy atom. The minimum atomic E-state index is -0.233. The zero-order valence-electron chi connectivity index (χ0n) is 17.2. The van der Waals surface area contributed by atoms with E-state index < -0.39 is 0 Å². The van der Waals surface area contributed by atoms with Crippen LogP contribution >= 0.6 is 0 Å². The van der Waals surface area contributed by atoms with Crippen LogP contribution in [0.4, 0.5) is 11.5 Å². The molecule has 0 saturated carbocycles. The van der Waals surface area contributed by atoms with E-state index in [1.54, 1.807) is 42.2 Å². The molecule has 3 aromatic rings. The van der Waals surface area contributed by atoms with Crippen LogP contribution in [0.15, 0.2) is 42.7 Å². The van der Waals surface area contributed by atoms with Gasteiger partial charge in [-0.1, -0.05) is 12.0 Å². The van der Waals surface area contributed by atoms with Gasteiger partial charge in [0.15, 0.2) is 5.65 Å². The smallest absolute Gasteiger partial charge is 0.239 e. The van der Waals surface area contributed by atoms with Crippen LogP contribution in [0.1, 0.15) is 18.4 Å². The molecule has 3 heterocycles. The second-order valence-corrected chi connectivity index (χ2v) is 7.38. The van der Waals surface area contributed by atoms with Crippen molar-refractivity contribution in [3.05, 3.63) is 48.3 Å². The molecule has 1 aromatic carbocycles. The molecule has 0 unspecified atom stereocenters. The Morgan fingerprint density at radius 2 is 2.06 bits per heavy atom. The summed E-state index contributed by atoms with van der Waals surface area (Å²) < 4.78 is 1.64. The van der Waals surface area contributed by atoms with E-state index in [1.807, 2.05) is 12.1 Å². The molecular weight excluding hydrogens is 394 g/mol. The van der Waals surface area contributed by atoms with E-state index in [0.29, 0.717) is 42.8 Å². The maximum Gasteiger partial charge on any atom is 0.239 e. The molecule has 2 aromatic heterocycles. The van der Waals surface area contributed by atoms with Crippen molar-refractivity contribution in [2.45, 2.75) is 12.8 Å². The Labute approximate surface area is 180 Å². The molecule has 0 aliphatic carbocycles. The zero-order chi connectivity index (χ0) is 21.8. The van der Waals surface area contributed by atoms with E-state index in [9.17, 15) is 9.59 Å². The molecule has 2 amide bonds. The summed E-state index contributed by atoms with van der Waals surface area (Å²) in [6, 6.07) is 10.9. The lowest BCUT2D eigenvalue weighted by molar-refractivity contribution is -0.126. The Kier molecular flexibility index (Phi) is 5.80. The number of terminal acetylenes is 1. The average Bonchev–Trinajstić information content (AvgIpc) is 3.30. The molecule has 0 atom stereocenters. The molecule has 1 aliphatic heterocycles. The summed E-state index contributed by atoms with van der Waals surface area (Å²) in [7, 11) is 1.56. The molecule has 0 bridgehead atoms. The molecule has 1 fully saturated rings. The van der Waals surface area contributed by atoms with Crippen molar-refractivity contribution < 1.29 is 9.59 Å². The first-order valence-corrected chi connectivity index (χ1v) is 10.1. The predicted octanol–water partition coefficient (Wildman–Crippen LogP) is 1.10. The predicted molar refractivity (Wildman–Crippen MR) is 117 cm³/mol. The molecular formula is C22H23N7O2. The Hall–Kier alpha value is -3.93. The standard InChI is InChI=1S/C22H23N7O2/c1-3-16-5-4-6-18(13-16)28(14-21(30)23-2)22(31)17-9-11-27(12-10-17)20-8-7-19-25-24-15-29(19)26-20/h1,4-8,13,15,17H,9-12,14H2,2H3,(H,23,30). The number of likely N-dealkylation sites (N-methyl/N-ethyl adjacent to an activating group) is 1. The summed E-state index contributed by atoms with van der Waals surface area (Å²) in [4.78, 5) is 29.1. The summed E-state index contributed by atoms with van der Waals surface area (Å²) in [6.45, 7) is 1.33. The molecule has 0 spiro atoms. The van der Waals surface area contributed by atoms with Crippen LogP contribution in [0.5, 0.6) is 0 Å². The minimum absolute atomic E-state index is 0.0462. The van der Waals surface area contributed by atoms with Crippen molar-refractivity contribution in [3.63, 3.8) is 0 Å². The largest absolute Gasteiger partial charge is 0.358 e. The second kappa shape index (κ2) is 8.83. The van der Waals surface area contributed by atoms with Crippen molar-refractivity contribution in [3.8, 4) is 12.3 Å². The number of hydrogen-bond acceptors (Lipinski definition) is 6. The highest BCUT2D eigenvalue weighted by molar-refractivity contribution is 6.00. The van der Waals surface area contributed by atoms with Crippen LogP contribution in [0.2, 0.25) is 0 Å². The number of benzene rings is 1. The van der Waals surface area contributed by atoms with Gasteiger partial charge in [-0.3, -0.25) is 9.59 Å². The third kappa shape index (κ3) is 4.33. The molecule has 1 N–H and O–H groups in total. The van der Waals surface area contributed by atoms with Crippen molar-refractivity contribution in [2.24, 2.45) is 5.92 Å². The lowest BCUT2D eigenvalue weighted by Gasteiger charge is -2.34. The molecule has 4 rings (SSSR count). The normalized spacial score (nSPS) is 14.3. The maximum atomic E-state index is 13.4. The van der Waals surface area contributed by atoms with Gasteiger partial charge in [-0.15, -0.1) is 21.7 Å². The number of carbonyl (C=O) groups is 2. The number of anilines is 2. The first-order valence-electron chi connectivity index (χ1n) is 10.1. The fourth-order valence-electron chi connectivity index (χ4n) is 3.75. The summed E-state index contributed by atoms with van der Waals surface area (Å²) in [5.41, 5.74) is 1.98. The number of amides is 2. The van der Waals surface area contributed by atoms with Crippen molar-refractivity contribution >= 4 is 29.0 Å². The molecule has 9 heteroatoms.